The molecule has 0 spiro atoms. The Labute approximate surface area is 128 Å². The number of rotatable bonds is 3. The van der Waals surface area contributed by atoms with Crippen LogP contribution in [0.1, 0.15) is 51.4 Å². The van der Waals surface area contributed by atoms with Crippen molar-refractivity contribution in [1.82, 2.24) is 10.6 Å². The van der Waals surface area contributed by atoms with Crippen LogP contribution >= 0.6 is 12.4 Å². The smallest absolute Gasteiger partial charge is 0.220 e. The minimum absolute atomic E-state index is 0. The Morgan fingerprint density at radius 2 is 1.70 bits per heavy atom. The summed E-state index contributed by atoms with van der Waals surface area (Å²) in [6, 6.07) is 0.390. The standard InChI is InChI=1S/C16H26N2O.ClH/c19-15(18-14-1-2-17-10-14)9-16-6-11-3-12(7-16)5-13(4-11)8-16;/h11-14,17H,1-10H2,(H,18,19);1H. The molecule has 0 radical (unpaired) electrons. The molecule has 4 saturated carbocycles. The van der Waals surface area contributed by atoms with Crippen molar-refractivity contribution in [3.63, 3.8) is 0 Å². The fourth-order valence-electron chi connectivity index (χ4n) is 5.90. The van der Waals surface area contributed by atoms with E-state index in [0.717, 1.165) is 43.7 Å². The number of amides is 1. The van der Waals surface area contributed by atoms with Gasteiger partial charge in [-0.25, -0.2) is 0 Å². The van der Waals surface area contributed by atoms with Gasteiger partial charge in [-0.2, -0.15) is 0 Å². The first-order valence-corrected chi connectivity index (χ1v) is 8.21. The summed E-state index contributed by atoms with van der Waals surface area (Å²) in [4.78, 5) is 12.3. The van der Waals surface area contributed by atoms with Gasteiger partial charge >= 0.3 is 0 Å². The highest BCUT2D eigenvalue weighted by molar-refractivity contribution is 5.85. The maximum absolute atomic E-state index is 12.3. The fourth-order valence-corrected chi connectivity index (χ4v) is 5.90. The van der Waals surface area contributed by atoms with Crippen LogP contribution in [0.25, 0.3) is 0 Å². The molecule has 0 aromatic rings. The van der Waals surface area contributed by atoms with Crippen LogP contribution in [0.5, 0.6) is 0 Å². The van der Waals surface area contributed by atoms with Crippen LogP contribution in [0, 0.1) is 23.2 Å². The summed E-state index contributed by atoms with van der Waals surface area (Å²) in [6.07, 6.45) is 10.3. The average molecular weight is 299 g/mol. The van der Waals surface area contributed by atoms with Gasteiger partial charge in [-0.3, -0.25) is 4.79 Å². The van der Waals surface area contributed by atoms with Gasteiger partial charge in [0.1, 0.15) is 0 Å². The Hall–Kier alpha value is -0.280. The molecule has 4 bridgehead atoms. The minimum Gasteiger partial charge on any atom is -0.352 e. The van der Waals surface area contributed by atoms with E-state index in [2.05, 4.69) is 10.6 Å². The highest BCUT2D eigenvalue weighted by atomic mass is 35.5. The summed E-state index contributed by atoms with van der Waals surface area (Å²) in [5.74, 6) is 3.18. The molecule has 0 aromatic carbocycles. The Bertz CT molecular complexity index is 343. The number of halogens is 1. The van der Waals surface area contributed by atoms with Gasteiger partial charge in [-0.15, -0.1) is 12.4 Å². The molecule has 4 aliphatic carbocycles. The van der Waals surface area contributed by atoms with Crippen molar-refractivity contribution in [3.05, 3.63) is 0 Å². The Kier molecular flexibility index (Phi) is 4.02. The molecule has 3 nitrogen and oxygen atoms in total. The van der Waals surface area contributed by atoms with E-state index in [9.17, 15) is 4.79 Å². The van der Waals surface area contributed by atoms with Gasteiger partial charge in [0, 0.05) is 19.0 Å². The van der Waals surface area contributed by atoms with E-state index in [-0.39, 0.29) is 12.4 Å². The largest absolute Gasteiger partial charge is 0.352 e. The van der Waals surface area contributed by atoms with Crippen molar-refractivity contribution < 1.29 is 4.79 Å². The summed E-state index contributed by atoms with van der Waals surface area (Å²) >= 11 is 0. The van der Waals surface area contributed by atoms with Gasteiger partial charge in [-0.1, -0.05) is 0 Å². The zero-order chi connectivity index (χ0) is 12.9. The average Bonchev–Trinajstić information content (AvgIpc) is 2.78. The molecule has 2 N–H and O–H groups in total. The number of hydrogen-bond acceptors (Lipinski definition) is 2. The molecule has 1 amide bonds. The Morgan fingerprint density at radius 1 is 1.10 bits per heavy atom. The molecule has 5 rings (SSSR count). The summed E-state index contributed by atoms with van der Waals surface area (Å²) in [5.41, 5.74) is 0.394. The predicted octanol–water partition coefficient (Wildman–Crippen LogP) is 2.49. The van der Waals surface area contributed by atoms with E-state index in [1.165, 1.54) is 38.5 Å². The third-order valence-corrected chi connectivity index (χ3v) is 6.13. The molecular formula is C16H27ClN2O. The van der Waals surface area contributed by atoms with Crippen molar-refractivity contribution in [3.8, 4) is 0 Å². The second kappa shape index (κ2) is 5.49. The van der Waals surface area contributed by atoms with E-state index in [1.807, 2.05) is 0 Å². The van der Waals surface area contributed by atoms with Crippen molar-refractivity contribution in [2.75, 3.05) is 13.1 Å². The highest BCUT2D eigenvalue weighted by Gasteiger charge is 2.51. The quantitative estimate of drug-likeness (QED) is 0.840. The molecule has 1 aliphatic heterocycles. The molecule has 1 atom stereocenters. The zero-order valence-electron chi connectivity index (χ0n) is 12.2. The molecule has 4 heteroatoms. The summed E-state index contributed by atoms with van der Waals surface area (Å²) < 4.78 is 0. The molecule has 5 aliphatic rings. The van der Waals surface area contributed by atoms with Gasteiger partial charge in [0.25, 0.3) is 0 Å². The van der Waals surface area contributed by atoms with Crippen LogP contribution in [-0.4, -0.2) is 25.0 Å². The molecule has 114 valence electrons. The lowest BCUT2D eigenvalue weighted by atomic mass is 9.49. The number of nitrogens with one attached hydrogen (secondary N) is 2. The van der Waals surface area contributed by atoms with Crippen LogP contribution in [0.3, 0.4) is 0 Å². The van der Waals surface area contributed by atoms with Gasteiger partial charge in [-0.05, 0) is 74.7 Å². The fraction of sp³-hybridized carbons (Fsp3) is 0.938. The maximum Gasteiger partial charge on any atom is 0.220 e. The van der Waals surface area contributed by atoms with Crippen LogP contribution in [0.15, 0.2) is 0 Å². The van der Waals surface area contributed by atoms with Crippen LogP contribution in [-0.2, 0) is 4.79 Å². The monoisotopic (exact) mass is 298 g/mol. The normalized spacial score (nSPS) is 45.2. The molecule has 20 heavy (non-hydrogen) atoms. The molecular weight excluding hydrogens is 272 g/mol. The Morgan fingerprint density at radius 3 is 2.20 bits per heavy atom. The first kappa shape index (κ1) is 14.6. The van der Waals surface area contributed by atoms with E-state index in [1.54, 1.807) is 0 Å². The SMILES string of the molecule is Cl.O=C(CC12CC3CC(CC(C3)C1)C2)NC1CCNC1. The minimum atomic E-state index is 0. The van der Waals surface area contributed by atoms with Crippen LogP contribution in [0.2, 0.25) is 0 Å². The zero-order valence-corrected chi connectivity index (χ0v) is 13.0. The predicted molar refractivity (Wildman–Crippen MR) is 81.9 cm³/mol. The van der Waals surface area contributed by atoms with Crippen LogP contribution < -0.4 is 10.6 Å². The van der Waals surface area contributed by atoms with Crippen molar-refractivity contribution in [2.24, 2.45) is 23.2 Å². The summed E-state index contributed by atoms with van der Waals surface area (Å²) in [5, 5.41) is 6.57. The van der Waals surface area contributed by atoms with E-state index in [0.29, 0.717) is 17.4 Å². The lowest BCUT2D eigenvalue weighted by Crippen LogP contribution is -2.49. The molecule has 1 saturated heterocycles. The van der Waals surface area contributed by atoms with Crippen LogP contribution in [0.4, 0.5) is 0 Å². The van der Waals surface area contributed by atoms with Crippen molar-refractivity contribution in [2.45, 2.75) is 57.4 Å². The third-order valence-electron chi connectivity index (χ3n) is 6.13. The molecule has 5 fully saturated rings. The maximum atomic E-state index is 12.3. The number of carbonyl (C=O) groups is 1. The van der Waals surface area contributed by atoms with E-state index in [4.69, 9.17) is 0 Å². The first-order valence-electron chi connectivity index (χ1n) is 8.21. The lowest BCUT2D eigenvalue weighted by Gasteiger charge is -2.56. The summed E-state index contributed by atoms with van der Waals surface area (Å²) in [7, 11) is 0. The topological polar surface area (TPSA) is 41.1 Å². The number of carbonyl (C=O) groups excluding carboxylic acids is 1. The first-order chi connectivity index (χ1) is 9.21. The van der Waals surface area contributed by atoms with Crippen molar-refractivity contribution in [1.29, 1.82) is 0 Å². The highest BCUT2D eigenvalue weighted by Crippen LogP contribution is 2.61. The number of hydrogen-bond donors (Lipinski definition) is 2. The van der Waals surface area contributed by atoms with Gasteiger partial charge < -0.3 is 10.6 Å². The van der Waals surface area contributed by atoms with E-state index >= 15 is 0 Å². The molecule has 1 heterocycles. The third kappa shape index (κ3) is 2.71. The lowest BCUT2D eigenvalue weighted by molar-refractivity contribution is -0.130. The van der Waals surface area contributed by atoms with E-state index < -0.39 is 0 Å². The Balaban J connectivity index is 0.00000121. The second-order valence-corrected chi connectivity index (χ2v) is 7.85. The molecule has 1 unspecified atom stereocenters. The van der Waals surface area contributed by atoms with Gasteiger partial charge in [0.15, 0.2) is 0 Å². The molecule has 0 aromatic heterocycles. The van der Waals surface area contributed by atoms with Gasteiger partial charge in [0.2, 0.25) is 5.91 Å². The van der Waals surface area contributed by atoms with Crippen molar-refractivity contribution >= 4 is 18.3 Å². The summed E-state index contributed by atoms with van der Waals surface area (Å²) in [6.45, 7) is 2.02. The second-order valence-electron chi connectivity index (χ2n) is 7.85. The van der Waals surface area contributed by atoms with Gasteiger partial charge in [0.05, 0.1) is 0 Å².